The molecule has 1 atom stereocenters. The van der Waals surface area contributed by atoms with Gasteiger partial charge in [-0.2, -0.15) is 0 Å². The second-order valence-electron chi connectivity index (χ2n) is 6.93. The highest BCUT2D eigenvalue weighted by molar-refractivity contribution is 6.31. The molecule has 146 valence electrons. The van der Waals surface area contributed by atoms with Crippen molar-refractivity contribution in [3.05, 3.63) is 53.3 Å². The van der Waals surface area contributed by atoms with Crippen LogP contribution in [0.2, 0.25) is 5.02 Å². The average Bonchev–Trinajstić information content (AvgIpc) is 2.99. The molecule has 2 aliphatic rings. The lowest BCUT2D eigenvalue weighted by Gasteiger charge is -2.38. The molecule has 2 saturated heterocycles. The molecule has 0 saturated carbocycles. The Morgan fingerprint density at radius 1 is 0.964 bits per heavy atom. The van der Waals surface area contributed by atoms with Gasteiger partial charge in [0, 0.05) is 31.9 Å². The summed E-state index contributed by atoms with van der Waals surface area (Å²) in [5.74, 6) is -0.978. The first kappa shape index (κ1) is 18.7. The highest BCUT2D eigenvalue weighted by Crippen LogP contribution is 2.30. The van der Waals surface area contributed by atoms with Crippen LogP contribution in [-0.2, 0) is 9.59 Å². The van der Waals surface area contributed by atoms with Crippen LogP contribution in [0.4, 0.5) is 15.8 Å². The number of carbonyl (C=O) groups excluding carboxylic acids is 2. The Hall–Kier alpha value is -2.64. The van der Waals surface area contributed by atoms with Crippen LogP contribution in [-0.4, -0.2) is 54.0 Å². The molecule has 0 aromatic heterocycles. The number of aromatic hydroxyl groups is 1. The van der Waals surface area contributed by atoms with Crippen molar-refractivity contribution in [1.82, 2.24) is 4.90 Å². The first-order valence-electron chi connectivity index (χ1n) is 9.04. The standard InChI is InChI=1S/C20H19ClFN3O3/c21-16-11-14(3-6-17(16)22)25-19(27)12-18(20(25)28)24-9-7-23(8-10-24)13-1-4-15(26)5-2-13/h1-6,11,18,26H,7-10,12H2/t18-/m1/s1. The van der Waals surface area contributed by atoms with Crippen LogP contribution in [0.5, 0.6) is 5.75 Å². The van der Waals surface area contributed by atoms with Gasteiger partial charge in [-0.05, 0) is 42.5 Å². The molecule has 2 fully saturated rings. The number of hydrogen-bond donors (Lipinski definition) is 1. The topological polar surface area (TPSA) is 64.1 Å². The zero-order chi connectivity index (χ0) is 19.8. The monoisotopic (exact) mass is 403 g/mol. The summed E-state index contributed by atoms with van der Waals surface area (Å²) in [5, 5.41) is 9.29. The molecule has 2 aromatic carbocycles. The number of hydrogen-bond acceptors (Lipinski definition) is 5. The highest BCUT2D eigenvalue weighted by Gasteiger charge is 2.43. The fourth-order valence-corrected chi connectivity index (χ4v) is 3.93. The van der Waals surface area contributed by atoms with Gasteiger partial charge in [0.2, 0.25) is 5.91 Å². The van der Waals surface area contributed by atoms with E-state index < -0.39 is 11.9 Å². The summed E-state index contributed by atoms with van der Waals surface area (Å²) in [7, 11) is 0. The fourth-order valence-electron chi connectivity index (χ4n) is 3.75. The van der Waals surface area contributed by atoms with E-state index >= 15 is 0 Å². The van der Waals surface area contributed by atoms with Crippen molar-refractivity contribution in [2.75, 3.05) is 36.0 Å². The maximum absolute atomic E-state index is 13.4. The smallest absolute Gasteiger partial charge is 0.251 e. The van der Waals surface area contributed by atoms with Gasteiger partial charge in [0.05, 0.1) is 23.2 Å². The molecule has 6 nitrogen and oxygen atoms in total. The van der Waals surface area contributed by atoms with E-state index in [1.807, 2.05) is 17.0 Å². The average molecular weight is 404 g/mol. The number of phenols is 1. The van der Waals surface area contributed by atoms with E-state index in [1.54, 1.807) is 12.1 Å². The van der Waals surface area contributed by atoms with Crippen LogP contribution in [0, 0.1) is 5.82 Å². The van der Waals surface area contributed by atoms with Crippen molar-refractivity contribution in [2.24, 2.45) is 0 Å². The molecule has 2 aliphatic heterocycles. The maximum atomic E-state index is 13.4. The first-order chi connectivity index (χ1) is 13.4. The Kier molecular flexibility index (Phi) is 4.95. The number of phenolic OH excluding ortho intramolecular Hbond substituents is 1. The van der Waals surface area contributed by atoms with Gasteiger partial charge in [-0.15, -0.1) is 0 Å². The predicted octanol–water partition coefficient (Wildman–Crippen LogP) is 2.64. The van der Waals surface area contributed by atoms with Gasteiger partial charge in [-0.3, -0.25) is 14.5 Å². The molecule has 4 rings (SSSR count). The van der Waals surface area contributed by atoms with E-state index in [-0.39, 0.29) is 29.0 Å². The zero-order valence-corrected chi connectivity index (χ0v) is 15.8. The summed E-state index contributed by atoms with van der Waals surface area (Å²) >= 11 is 5.80. The van der Waals surface area contributed by atoms with E-state index in [2.05, 4.69) is 4.90 Å². The number of amides is 2. The zero-order valence-electron chi connectivity index (χ0n) is 15.0. The van der Waals surface area contributed by atoms with Crippen molar-refractivity contribution in [3.8, 4) is 5.75 Å². The Morgan fingerprint density at radius 2 is 1.61 bits per heavy atom. The number of nitrogens with zero attached hydrogens (tertiary/aromatic N) is 3. The molecule has 2 amide bonds. The Bertz CT molecular complexity index is 913. The van der Waals surface area contributed by atoms with Crippen molar-refractivity contribution < 1.29 is 19.1 Å². The summed E-state index contributed by atoms with van der Waals surface area (Å²) in [6, 6.07) is 10.3. The highest BCUT2D eigenvalue weighted by atomic mass is 35.5. The maximum Gasteiger partial charge on any atom is 0.251 e. The molecule has 1 N–H and O–H groups in total. The van der Waals surface area contributed by atoms with Crippen molar-refractivity contribution in [2.45, 2.75) is 12.5 Å². The number of benzene rings is 2. The third-order valence-corrected chi connectivity index (χ3v) is 5.54. The summed E-state index contributed by atoms with van der Waals surface area (Å²) in [5.41, 5.74) is 1.31. The van der Waals surface area contributed by atoms with Gasteiger partial charge in [-0.25, -0.2) is 9.29 Å². The van der Waals surface area contributed by atoms with Gasteiger partial charge < -0.3 is 10.0 Å². The molecule has 8 heteroatoms. The lowest BCUT2D eigenvalue weighted by atomic mass is 10.1. The van der Waals surface area contributed by atoms with Crippen LogP contribution >= 0.6 is 11.6 Å². The summed E-state index contributed by atoms with van der Waals surface area (Å²) in [6.07, 6.45) is 0.104. The summed E-state index contributed by atoms with van der Waals surface area (Å²) < 4.78 is 13.4. The Morgan fingerprint density at radius 3 is 2.25 bits per heavy atom. The van der Waals surface area contributed by atoms with E-state index in [1.165, 1.54) is 12.1 Å². The molecule has 0 bridgehead atoms. The normalized spacial score (nSPS) is 20.9. The second kappa shape index (κ2) is 7.41. The molecule has 0 aliphatic carbocycles. The van der Waals surface area contributed by atoms with E-state index in [4.69, 9.17) is 11.6 Å². The Balaban J connectivity index is 1.44. The third-order valence-electron chi connectivity index (χ3n) is 5.25. The van der Waals surface area contributed by atoms with E-state index in [0.717, 1.165) is 16.7 Å². The van der Waals surface area contributed by atoms with E-state index in [9.17, 15) is 19.1 Å². The van der Waals surface area contributed by atoms with Gasteiger partial charge >= 0.3 is 0 Å². The lowest BCUT2D eigenvalue weighted by Crippen LogP contribution is -2.52. The van der Waals surface area contributed by atoms with Crippen molar-refractivity contribution >= 4 is 34.8 Å². The first-order valence-corrected chi connectivity index (χ1v) is 9.42. The fraction of sp³-hybridized carbons (Fsp3) is 0.300. The molecular weight excluding hydrogens is 385 g/mol. The SMILES string of the molecule is O=C1C[C@@H](N2CCN(c3ccc(O)cc3)CC2)C(=O)N1c1ccc(F)c(Cl)c1. The molecular formula is C20H19ClFN3O3. The van der Waals surface area contributed by atoms with Gasteiger partial charge in [-0.1, -0.05) is 11.6 Å². The summed E-state index contributed by atoms with van der Waals surface area (Å²) in [4.78, 5) is 30.6. The third kappa shape index (κ3) is 3.43. The molecule has 28 heavy (non-hydrogen) atoms. The second-order valence-corrected chi connectivity index (χ2v) is 7.33. The number of imide groups is 1. The molecule has 0 spiro atoms. The van der Waals surface area contributed by atoms with Crippen LogP contribution in [0.1, 0.15) is 6.42 Å². The molecule has 2 heterocycles. The van der Waals surface area contributed by atoms with Crippen LogP contribution in [0.25, 0.3) is 0 Å². The minimum absolute atomic E-state index is 0.104. The van der Waals surface area contributed by atoms with Crippen LogP contribution in [0.15, 0.2) is 42.5 Å². The molecule has 2 aromatic rings. The molecule has 0 unspecified atom stereocenters. The van der Waals surface area contributed by atoms with Gasteiger partial charge in [0.15, 0.2) is 0 Å². The minimum atomic E-state index is -0.591. The Labute approximate surface area is 166 Å². The predicted molar refractivity (Wildman–Crippen MR) is 104 cm³/mol. The van der Waals surface area contributed by atoms with Crippen LogP contribution in [0.3, 0.4) is 0 Å². The summed E-state index contributed by atoms with van der Waals surface area (Å²) in [6.45, 7) is 2.71. The lowest BCUT2D eigenvalue weighted by molar-refractivity contribution is -0.123. The quantitative estimate of drug-likeness (QED) is 0.798. The van der Waals surface area contributed by atoms with Gasteiger partial charge in [0.1, 0.15) is 11.6 Å². The number of halogens is 2. The van der Waals surface area contributed by atoms with Crippen molar-refractivity contribution in [3.63, 3.8) is 0 Å². The number of rotatable bonds is 3. The number of carbonyl (C=O) groups is 2. The largest absolute Gasteiger partial charge is 0.508 e. The minimum Gasteiger partial charge on any atom is -0.508 e. The van der Waals surface area contributed by atoms with Gasteiger partial charge in [0.25, 0.3) is 5.91 Å². The molecule has 0 radical (unpaired) electrons. The van der Waals surface area contributed by atoms with Crippen molar-refractivity contribution in [1.29, 1.82) is 0 Å². The van der Waals surface area contributed by atoms with E-state index in [0.29, 0.717) is 31.9 Å². The van der Waals surface area contributed by atoms with Crippen LogP contribution < -0.4 is 9.80 Å². The number of anilines is 2. The number of piperazine rings is 1.